The van der Waals surface area contributed by atoms with Gasteiger partial charge in [0.05, 0.1) is 0 Å². The van der Waals surface area contributed by atoms with Gasteiger partial charge in [-0.05, 0) is 26.3 Å². The Morgan fingerprint density at radius 2 is 2.53 bits per heavy atom. The molecule has 0 aromatic heterocycles. The van der Waals surface area contributed by atoms with Crippen molar-refractivity contribution in [3.63, 3.8) is 0 Å². The molecular formula is C11H21N3O. The number of hydrogen-bond acceptors (Lipinski definition) is 3. The molecule has 86 valence electrons. The fourth-order valence-electron chi connectivity index (χ4n) is 2.48. The van der Waals surface area contributed by atoms with E-state index in [0.717, 1.165) is 39.0 Å². The lowest BCUT2D eigenvalue weighted by atomic mass is 10.2. The van der Waals surface area contributed by atoms with E-state index in [1.54, 1.807) is 0 Å². The molecule has 2 rings (SSSR count). The summed E-state index contributed by atoms with van der Waals surface area (Å²) >= 11 is 0. The topological polar surface area (TPSA) is 44.4 Å². The lowest BCUT2D eigenvalue weighted by Gasteiger charge is -2.24. The molecule has 15 heavy (non-hydrogen) atoms. The number of carbonyl (C=O) groups is 1. The summed E-state index contributed by atoms with van der Waals surface area (Å²) in [6, 6.07) is 1.01. The average molecular weight is 211 g/mol. The van der Waals surface area contributed by atoms with Gasteiger partial charge in [-0.1, -0.05) is 0 Å². The maximum absolute atomic E-state index is 11.4. The molecule has 0 radical (unpaired) electrons. The van der Waals surface area contributed by atoms with Crippen LogP contribution in [0.15, 0.2) is 0 Å². The van der Waals surface area contributed by atoms with Crippen LogP contribution in [-0.2, 0) is 4.79 Å². The molecule has 1 amide bonds. The van der Waals surface area contributed by atoms with Crippen LogP contribution in [0.5, 0.6) is 0 Å². The van der Waals surface area contributed by atoms with Gasteiger partial charge in [-0.3, -0.25) is 4.79 Å². The van der Waals surface area contributed by atoms with Crippen LogP contribution in [0.2, 0.25) is 0 Å². The predicted molar refractivity (Wildman–Crippen MR) is 59.7 cm³/mol. The molecule has 0 aromatic rings. The first-order valence-electron chi connectivity index (χ1n) is 6.00. The number of hydrogen-bond donors (Lipinski definition) is 2. The summed E-state index contributed by atoms with van der Waals surface area (Å²) in [6.07, 6.45) is 2.99. The Morgan fingerprint density at radius 1 is 1.67 bits per heavy atom. The monoisotopic (exact) mass is 211 g/mol. The summed E-state index contributed by atoms with van der Waals surface area (Å²) < 4.78 is 0. The molecule has 0 aliphatic carbocycles. The van der Waals surface area contributed by atoms with Crippen molar-refractivity contribution in [3.8, 4) is 0 Å². The van der Waals surface area contributed by atoms with Crippen molar-refractivity contribution in [2.24, 2.45) is 0 Å². The van der Waals surface area contributed by atoms with E-state index in [-0.39, 0.29) is 0 Å². The van der Waals surface area contributed by atoms with E-state index in [0.29, 0.717) is 18.0 Å². The minimum absolute atomic E-state index is 0.327. The van der Waals surface area contributed by atoms with Crippen molar-refractivity contribution in [3.05, 3.63) is 0 Å². The smallest absolute Gasteiger partial charge is 0.222 e. The van der Waals surface area contributed by atoms with Crippen LogP contribution < -0.4 is 10.6 Å². The standard InChI is InChI=1S/C11H21N3O/c1-9(13-10-4-5-12-7-10)8-14-6-2-3-11(14)15/h9-10,12-13H,2-8H2,1H3. The number of amides is 1. The molecule has 2 unspecified atom stereocenters. The van der Waals surface area contributed by atoms with Gasteiger partial charge in [0.15, 0.2) is 0 Å². The summed E-state index contributed by atoms with van der Waals surface area (Å²) in [5.74, 6) is 0.327. The molecule has 2 atom stereocenters. The number of carbonyl (C=O) groups excluding carboxylic acids is 1. The maximum Gasteiger partial charge on any atom is 0.222 e. The Morgan fingerprint density at radius 3 is 3.13 bits per heavy atom. The van der Waals surface area contributed by atoms with Crippen molar-refractivity contribution in [1.82, 2.24) is 15.5 Å². The lowest BCUT2D eigenvalue weighted by Crippen LogP contribution is -2.45. The highest BCUT2D eigenvalue weighted by atomic mass is 16.2. The molecule has 4 nitrogen and oxygen atoms in total. The van der Waals surface area contributed by atoms with E-state index in [2.05, 4.69) is 17.6 Å². The van der Waals surface area contributed by atoms with Crippen LogP contribution in [0, 0.1) is 0 Å². The second-order valence-corrected chi connectivity index (χ2v) is 4.70. The van der Waals surface area contributed by atoms with Crippen LogP contribution in [-0.4, -0.2) is 49.1 Å². The van der Waals surface area contributed by atoms with Crippen molar-refractivity contribution in [2.75, 3.05) is 26.2 Å². The SMILES string of the molecule is CC(CN1CCCC1=O)NC1CCNC1. The third kappa shape index (κ3) is 2.92. The van der Waals surface area contributed by atoms with Crippen molar-refractivity contribution >= 4 is 5.91 Å². The van der Waals surface area contributed by atoms with Gasteiger partial charge in [0, 0.05) is 38.1 Å². The van der Waals surface area contributed by atoms with Crippen molar-refractivity contribution in [2.45, 2.75) is 38.3 Å². The quantitative estimate of drug-likeness (QED) is 0.685. The fourth-order valence-corrected chi connectivity index (χ4v) is 2.48. The van der Waals surface area contributed by atoms with Gasteiger partial charge in [0.1, 0.15) is 0 Å². The van der Waals surface area contributed by atoms with E-state index in [9.17, 15) is 4.79 Å². The summed E-state index contributed by atoms with van der Waals surface area (Å²) in [4.78, 5) is 13.4. The minimum Gasteiger partial charge on any atom is -0.341 e. The van der Waals surface area contributed by atoms with Crippen LogP contribution in [0.4, 0.5) is 0 Å². The maximum atomic E-state index is 11.4. The average Bonchev–Trinajstić information content (AvgIpc) is 2.79. The Labute approximate surface area is 91.4 Å². The summed E-state index contributed by atoms with van der Waals surface area (Å²) in [7, 11) is 0. The Kier molecular flexibility index (Phi) is 3.59. The Bertz CT molecular complexity index is 226. The molecule has 2 aliphatic rings. The Hall–Kier alpha value is -0.610. The third-order valence-electron chi connectivity index (χ3n) is 3.25. The molecule has 2 fully saturated rings. The number of nitrogens with one attached hydrogen (secondary N) is 2. The van der Waals surface area contributed by atoms with Crippen LogP contribution in [0.1, 0.15) is 26.2 Å². The number of nitrogens with zero attached hydrogens (tertiary/aromatic N) is 1. The van der Waals surface area contributed by atoms with Gasteiger partial charge in [-0.25, -0.2) is 0 Å². The molecule has 4 heteroatoms. The van der Waals surface area contributed by atoms with E-state index in [1.807, 2.05) is 4.90 Å². The molecule has 0 aromatic carbocycles. The summed E-state index contributed by atoms with van der Waals surface area (Å²) in [5.41, 5.74) is 0. The zero-order valence-corrected chi connectivity index (χ0v) is 9.46. The van der Waals surface area contributed by atoms with Gasteiger partial charge >= 0.3 is 0 Å². The van der Waals surface area contributed by atoms with Crippen LogP contribution in [0.3, 0.4) is 0 Å². The van der Waals surface area contributed by atoms with E-state index < -0.39 is 0 Å². The second-order valence-electron chi connectivity index (χ2n) is 4.70. The third-order valence-corrected chi connectivity index (χ3v) is 3.25. The number of rotatable bonds is 4. The highest BCUT2D eigenvalue weighted by Gasteiger charge is 2.23. The highest BCUT2D eigenvalue weighted by Crippen LogP contribution is 2.10. The zero-order valence-electron chi connectivity index (χ0n) is 9.46. The Balaban J connectivity index is 1.71. The van der Waals surface area contributed by atoms with Crippen molar-refractivity contribution < 1.29 is 4.79 Å². The van der Waals surface area contributed by atoms with Gasteiger partial charge in [-0.15, -0.1) is 0 Å². The molecule has 0 saturated carbocycles. The van der Waals surface area contributed by atoms with Gasteiger partial charge in [-0.2, -0.15) is 0 Å². The van der Waals surface area contributed by atoms with Crippen LogP contribution >= 0.6 is 0 Å². The van der Waals surface area contributed by atoms with Gasteiger partial charge in [0.2, 0.25) is 5.91 Å². The predicted octanol–water partition coefficient (Wildman–Crippen LogP) is -0.0512. The fraction of sp³-hybridized carbons (Fsp3) is 0.909. The minimum atomic E-state index is 0.327. The first kappa shape index (κ1) is 10.9. The first-order valence-corrected chi connectivity index (χ1v) is 6.00. The van der Waals surface area contributed by atoms with Crippen LogP contribution in [0.25, 0.3) is 0 Å². The second kappa shape index (κ2) is 4.94. The molecule has 2 saturated heterocycles. The molecule has 0 spiro atoms. The number of likely N-dealkylation sites (tertiary alicyclic amines) is 1. The van der Waals surface area contributed by atoms with E-state index in [4.69, 9.17) is 0 Å². The van der Waals surface area contributed by atoms with Gasteiger partial charge < -0.3 is 15.5 Å². The van der Waals surface area contributed by atoms with E-state index in [1.165, 1.54) is 6.42 Å². The summed E-state index contributed by atoms with van der Waals surface area (Å²) in [6.45, 7) is 6.18. The first-order chi connectivity index (χ1) is 7.25. The molecule has 2 aliphatic heterocycles. The molecule has 2 N–H and O–H groups in total. The van der Waals surface area contributed by atoms with Gasteiger partial charge in [0.25, 0.3) is 0 Å². The normalized spacial score (nSPS) is 28.7. The largest absolute Gasteiger partial charge is 0.341 e. The summed E-state index contributed by atoms with van der Waals surface area (Å²) in [5, 5.41) is 6.91. The molecule has 2 heterocycles. The lowest BCUT2D eigenvalue weighted by molar-refractivity contribution is -0.127. The molecular weight excluding hydrogens is 190 g/mol. The molecule has 0 bridgehead atoms. The van der Waals surface area contributed by atoms with Crippen molar-refractivity contribution in [1.29, 1.82) is 0 Å². The highest BCUT2D eigenvalue weighted by molar-refractivity contribution is 5.78. The van der Waals surface area contributed by atoms with E-state index >= 15 is 0 Å². The zero-order chi connectivity index (χ0) is 10.7.